The summed E-state index contributed by atoms with van der Waals surface area (Å²) < 4.78 is 23.8. The molecule has 2 N–H and O–H groups in total. The number of amides is 2. The highest BCUT2D eigenvalue weighted by Crippen LogP contribution is 2.49. The van der Waals surface area contributed by atoms with E-state index in [-0.39, 0.29) is 17.3 Å². The highest BCUT2D eigenvalue weighted by molar-refractivity contribution is 5.89. The fraction of sp³-hybridized carbons (Fsp3) is 0.316. The Balaban J connectivity index is 1.63. The lowest BCUT2D eigenvalue weighted by atomic mass is 9.95. The molecule has 1 aliphatic carbocycles. The predicted molar refractivity (Wildman–Crippen MR) is 93.9 cm³/mol. The maximum absolute atomic E-state index is 13.2. The molecule has 2 aromatic rings. The van der Waals surface area contributed by atoms with Gasteiger partial charge in [0.25, 0.3) is 0 Å². The highest BCUT2D eigenvalue weighted by Gasteiger charge is 2.44. The zero-order valence-electron chi connectivity index (χ0n) is 14.3. The number of methoxy groups -OCH3 is 2. The van der Waals surface area contributed by atoms with Crippen LogP contribution in [-0.4, -0.2) is 26.8 Å². The number of nitrogens with one attached hydrogen (secondary N) is 2. The number of halogens is 1. The molecule has 0 aromatic heterocycles. The van der Waals surface area contributed by atoms with Crippen LogP contribution in [0.15, 0.2) is 42.5 Å². The third-order valence-electron chi connectivity index (χ3n) is 4.52. The van der Waals surface area contributed by atoms with Gasteiger partial charge < -0.3 is 20.1 Å². The maximum atomic E-state index is 13.2. The summed E-state index contributed by atoms with van der Waals surface area (Å²) in [6.07, 6.45) is 1.98. The topological polar surface area (TPSA) is 59.6 Å². The summed E-state index contributed by atoms with van der Waals surface area (Å²) in [5.41, 5.74) is 1.45. The van der Waals surface area contributed by atoms with E-state index < -0.39 is 0 Å². The van der Waals surface area contributed by atoms with E-state index in [4.69, 9.17) is 9.47 Å². The quantitative estimate of drug-likeness (QED) is 0.840. The van der Waals surface area contributed by atoms with Crippen LogP contribution in [0.2, 0.25) is 0 Å². The zero-order valence-corrected chi connectivity index (χ0v) is 14.3. The van der Waals surface area contributed by atoms with E-state index >= 15 is 0 Å². The smallest absolute Gasteiger partial charge is 0.319 e. The Hall–Kier alpha value is -2.76. The number of carbonyl (C=O) groups excluding carboxylic acids is 1. The van der Waals surface area contributed by atoms with Crippen LogP contribution in [0.4, 0.5) is 14.9 Å². The van der Waals surface area contributed by atoms with Gasteiger partial charge in [0, 0.05) is 17.6 Å². The van der Waals surface area contributed by atoms with Gasteiger partial charge in [0.2, 0.25) is 0 Å². The number of benzene rings is 2. The summed E-state index contributed by atoms with van der Waals surface area (Å²) in [7, 11) is 3.20. The second kappa shape index (κ2) is 7.01. The minimum Gasteiger partial charge on any atom is -0.493 e. The zero-order chi connectivity index (χ0) is 17.9. The normalized spacial score (nSPS) is 14.5. The molecule has 0 bridgehead atoms. The van der Waals surface area contributed by atoms with Crippen molar-refractivity contribution in [3.63, 3.8) is 0 Å². The van der Waals surface area contributed by atoms with Crippen LogP contribution in [0.5, 0.6) is 11.5 Å². The maximum Gasteiger partial charge on any atom is 0.319 e. The molecule has 5 nitrogen and oxygen atoms in total. The van der Waals surface area contributed by atoms with Crippen LogP contribution in [-0.2, 0) is 5.41 Å². The molecule has 6 heteroatoms. The lowest BCUT2D eigenvalue weighted by molar-refractivity contribution is 0.251. The number of ether oxygens (including phenoxy) is 2. The molecule has 132 valence electrons. The van der Waals surface area contributed by atoms with Crippen LogP contribution in [0, 0.1) is 5.82 Å². The van der Waals surface area contributed by atoms with Crippen molar-refractivity contribution in [1.82, 2.24) is 5.32 Å². The minimum atomic E-state index is -0.387. The average Bonchev–Trinajstić information content (AvgIpc) is 3.40. The molecule has 2 amide bonds. The molecule has 3 rings (SSSR count). The van der Waals surface area contributed by atoms with E-state index in [0.29, 0.717) is 23.7 Å². The minimum absolute atomic E-state index is 0.0845. The van der Waals surface area contributed by atoms with Crippen LogP contribution >= 0.6 is 0 Å². The summed E-state index contributed by atoms with van der Waals surface area (Å²) in [6.45, 7) is 0.504. The highest BCUT2D eigenvalue weighted by atomic mass is 19.1. The van der Waals surface area contributed by atoms with Crippen molar-refractivity contribution in [1.29, 1.82) is 0 Å². The second-order valence-electron chi connectivity index (χ2n) is 6.17. The first-order chi connectivity index (χ1) is 12.1. The lowest BCUT2D eigenvalue weighted by Gasteiger charge is -2.19. The summed E-state index contributed by atoms with van der Waals surface area (Å²) in [5.74, 6) is 0.969. The Labute approximate surface area is 146 Å². The fourth-order valence-electron chi connectivity index (χ4n) is 2.88. The van der Waals surface area contributed by atoms with E-state index in [2.05, 4.69) is 10.6 Å². The van der Waals surface area contributed by atoms with Crippen molar-refractivity contribution < 1.29 is 18.7 Å². The van der Waals surface area contributed by atoms with E-state index in [1.54, 1.807) is 26.4 Å². The number of hydrogen-bond acceptors (Lipinski definition) is 3. The van der Waals surface area contributed by atoms with Crippen molar-refractivity contribution in [2.75, 3.05) is 26.1 Å². The van der Waals surface area contributed by atoms with Crippen molar-refractivity contribution in [2.24, 2.45) is 0 Å². The Kier molecular flexibility index (Phi) is 4.79. The summed E-state index contributed by atoms with van der Waals surface area (Å²) in [6, 6.07) is 11.3. The molecule has 0 saturated heterocycles. The molecular formula is C19H21FN2O3. The van der Waals surface area contributed by atoms with Gasteiger partial charge in [0.15, 0.2) is 11.5 Å². The first-order valence-corrected chi connectivity index (χ1v) is 8.09. The van der Waals surface area contributed by atoms with Crippen LogP contribution < -0.4 is 20.1 Å². The number of carbonyl (C=O) groups is 1. The van der Waals surface area contributed by atoms with Crippen LogP contribution in [0.25, 0.3) is 0 Å². The average molecular weight is 344 g/mol. The van der Waals surface area contributed by atoms with Crippen molar-refractivity contribution >= 4 is 11.7 Å². The number of urea groups is 1. The van der Waals surface area contributed by atoms with Crippen molar-refractivity contribution in [2.45, 2.75) is 18.3 Å². The van der Waals surface area contributed by atoms with Gasteiger partial charge in [-0.15, -0.1) is 0 Å². The van der Waals surface area contributed by atoms with Gasteiger partial charge in [0.05, 0.1) is 14.2 Å². The Bertz CT molecular complexity index is 775. The monoisotopic (exact) mass is 344 g/mol. The van der Waals surface area contributed by atoms with Gasteiger partial charge in [-0.05, 0) is 48.7 Å². The molecule has 25 heavy (non-hydrogen) atoms. The third-order valence-corrected chi connectivity index (χ3v) is 4.52. The van der Waals surface area contributed by atoms with Gasteiger partial charge in [-0.3, -0.25) is 0 Å². The first-order valence-electron chi connectivity index (χ1n) is 8.09. The summed E-state index contributed by atoms with van der Waals surface area (Å²) >= 11 is 0. The fourth-order valence-corrected chi connectivity index (χ4v) is 2.88. The van der Waals surface area contributed by atoms with E-state index in [9.17, 15) is 9.18 Å². The molecule has 0 aliphatic heterocycles. The Morgan fingerprint density at radius 2 is 1.88 bits per heavy atom. The largest absolute Gasteiger partial charge is 0.493 e. The molecule has 0 spiro atoms. The van der Waals surface area contributed by atoms with E-state index in [1.807, 2.05) is 18.2 Å². The van der Waals surface area contributed by atoms with Gasteiger partial charge in [-0.2, -0.15) is 0 Å². The molecule has 0 unspecified atom stereocenters. The Morgan fingerprint density at radius 3 is 2.52 bits per heavy atom. The standard InChI is InChI=1S/C19H21FN2O3/c1-24-16-7-6-13(10-17(16)25-2)19(8-9-19)12-21-18(23)22-15-5-3-4-14(20)11-15/h3-7,10-11H,8-9,12H2,1-2H3,(H2,21,22,23). The molecule has 0 atom stereocenters. The molecule has 2 aromatic carbocycles. The van der Waals surface area contributed by atoms with Crippen LogP contribution in [0.3, 0.4) is 0 Å². The number of rotatable bonds is 6. The van der Waals surface area contributed by atoms with Crippen molar-refractivity contribution in [3.05, 3.63) is 53.8 Å². The van der Waals surface area contributed by atoms with E-state index in [0.717, 1.165) is 18.4 Å². The van der Waals surface area contributed by atoms with Gasteiger partial charge >= 0.3 is 6.03 Å². The molecular weight excluding hydrogens is 323 g/mol. The molecule has 1 saturated carbocycles. The first kappa shape index (κ1) is 17.1. The SMILES string of the molecule is COc1ccc(C2(CNC(=O)Nc3cccc(F)c3)CC2)cc1OC. The van der Waals surface area contributed by atoms with Crippen molar-refractivity contribution in [3.8, 4) is 11.5 Å². The lowest BCUT2D eigenvalue weighted by Crippen LogP contribution is -2.35. The molecule has 0 heterocycles. The molecule has 1 aliphatic rings. The summed E-state index contributed by atoms with van der Waals surface area (Å²) in [4.78, 5) is 12.1. The van der Waals surface area contributed by atoms with Gasteiger partial charge in [-0.1, -0.05) is 12.1 Å². The third kappa shape index (κ3) is 3.84. The number of anilines is 1. The number of hydrogen-bond donors (Lipinski definition) is 2. The predicted octanol–water partition coefficient (Wildman–Crippen LogP) is 3.70. The van der Waals surface area contributed by atoms with Crippen LogP contribution in [0.1, 0.15) is 18.4 Å². The van der Waals surface area contributed by atoms with Gasteiger partial charge in [-0.25, -0.2) is 9.18 Å². The Morgan fingerprint density at radius 1 is 1.12 bits per heavy atom. The van der Waals surface area contributed by atoms with E-state index in [1.165, 1.54) is 12.1 Å². The van der Waals surface area contributed by atoms with Gasteiger partial charge in [0.1, 0.15) is 5.82 Å². The molecule has 1 fully saturated rings. The molecule has 0 radical (unpaired) electrons. The summed E-state index contributed by atoms with van der Waals surface area (Å²) in [5, 5.41) is 5.51. The second-order valence-corrected chi connectivity index (χ2v) is 6.17.